The van der Waals surface area contributed by atoms with E-state index in [0.717, 1.165) is 29.5 Å². The van der Waals surface area contributed by atoms with Gasteiger partial charge in [0.15, 0.2) is 0 Å². The molecule has 1 aliphatic rings. The standard InChI is InChI=1S/C27H30N2O4S/c30-27(26-13-7-8-18-29(26)34(31,32)25-11-5-2-6-12-25)28-19-22-14-16-24(17-15-22)21-33-20-23-9-3-1-4-10-23/h1-6,9-12,14-17,26H,7-8,13,18-21H2,(H,28,30). The van der Waals surface area contributed by atoms with E-state index in [1.165, 1.54) is 4.31 Å². The number of hydrogen-bond donors (Lipinski definition) is 1. The van der Waals surface area contributed by atoms with Crippen molar-refractivity contribution in [1.29, 1.82) is 0 Å². The number of sulfonamides is 1. The molecular formula is C27H30N2O4S. The van der Waals surface area contributed by atoms with E-state index in [1.54, 1.807) is 30.3 Å². The molecule has 0 aromatic heterocycles. The first kappa shape index (κ1) is 24.1. The fraction of sp³-hybridized carbons (Fsp3) is 0.296. The van der Waals surface area contributed by atoms with Gasteiger partial charge >= 0.3 is 0 Å². The van der Waals surface area contributed by atoms with Gasteiger partial charge in [-0.3, -0.25) is 4.79 Å². The van der Waals surface area contributed by atoms with Crippen molar-refractivity contribution in [3.8, 4) is 0 Å². The minimum absolute atomic E-state index is 0.222. The van der Waals surface area contributed by atoms with Gasteiger partial charge in [0.05, 0.1) is 18.1 Å². The highest BCUT2D eigenvalue weighted by atomic mass is 32.2. The number of nitrogens with one attached hydrogen (secondary N) is 1. The number of piperidine rings is 1. The molecule has 4 rings (SSSR count). The summed E-state index contributed by atoms with van der Waals surface area (Å²) in [4.78, 5) is 13.2. The molecule has 1 fully saturated rings. The average Bonchev–Trinajstić information content (AvgIpc) is 2.89. The number of carbonyl (C=O) groups excluding carboxylic acids is 1. The summed E-state index contributed by atoms with van der Waals surface area (Å²) in [5.41, 5.74) is 3.14. The summed E-state index contributed by atoms with van der Waals surface area (Å²) >= 11 is 0. The molecule has 1 N–H and O–H groups in total. The second-order valence-corrected chi connectivity index (χ2v) is 10.3. The van der Waals surface area contributed by atoms with Crippen molar-refractivity contribution >= 4 is 15.9 Å². The molecule has 6 nitrogen and oxygen atoms in total. The summed E-state index contributed by atoms with van der Waals surface area (Å²) in [6, 6.07) is 25.5. The largest absolute Gasteiger partial charge is 0.372 e. The van der Waals surface area contributed by atoms with Crippen molar-refractivity contribution in [3.63, 3.8) is 0 Å². The molecule has 1 aliphatic heterocycles. The van der Waals surface area contributed by atoms with Crippen LogP contribution in [0.5, 0.6) is 0 Å². The molecule has 0 radical (unpaired) electrons. The lowest BCUT2D eigenvalue weighted by Crippen LogP contribution is -2.51. The molecule has 0 saturated carbocycles. The topological polar surface area (TPSA) is 75.7 Å². The monoisotopic (exact) mass is 478 g/mol. The number of carbonyl (C=O) groups is 1. The van der Waals surface area contributed by atoms with Crippen molar-refractivity contribution in [2.24, 2.45) is 0 Å². The van der Waals surface area contributed by atoms with Crippen molar-refractivity contribution < 1.29 is 17.9 Å². The number of ether oxygens (including phenoxy) is 1. The Hall–Kier alpha value is -3.00. The third-order valence-corrected chi connectivity index (χ3v) is 7.90. The van der Waals surface area contributed by atoms with E-state index in [2.05, 4.69) is 5.32 Å². The van der Waals surface area contributed by atoms with Crippen LogP contribution in [-0.2, 0) is 39.3 Å². The normalized spacial score (nSPS) is 16.8. The molecular weight excluding hydrogens is 448 g/mol. The smallest absolute Gasteiger partial charge is 0.243 e. The van der Waals surface area contributed by atoms with E-state index in [4.69, 9.17) is 4.74 Å². The van der Waals surface area contributed by atoms with Crippen LogP contribution in [0.2, 0.25) is 0 Å². The summed E-state index contributed by atoms with van der Waals surface area (Å²) < 4.78 is 33.4. The summed E-state index contributed by atoms with van der Waals surface area (Å²) in [5, 5.41) is 2.93. The van der Waals surface area contributed by atoms with Crippen LogP contribution in [0.1, 0.15) is 36.0 Å². The van der Waals surface area contributed by atoms with E-state index in [1.807, 2.05) is 54.6 Å². The van der Waals surface area contributed by atoms with Gasteiger partial charge in [-0.2, -0.15) is 4.31 Å². The number of amides is 1. The third-order valence-electron chi connectivity index (χ3n) is 5.98. The SMILES string of the molecule is O=C(NCc1ccc(COCc2ccccc2)cc1)C1CCCCN1S(=O)(=O)c1ccccc1. The van der Waals surface area contributed by atoms with E-state index in [9.17, 15) is 13.2 Å². The van der Waals surface area contributed by atoms with Crippen LogP contribution in [-0.4, -0.2) is 31.2 Å². The molecule has 34 heavy (non-hydrogen) atoms. The zero-order valence-corrected chi connectivity index (χ0v) is 19.9. The van der Waals surface area contributed by atoms with Crippen molar-refractivity contribution in [2.45, 2.75) is 50.0 Å². The van der Waals surface area contributed by atoms with Crippen LogP contribution < -0.4 is 5.32 Å². The van der Waals surface area contributed by atoms with Crippen molar-refractivity contribution in [2.75, 3.05) is 6.54 Å². The van der Waals surface area contributed by atoms with Gasteiger partial charge in [-0.25, -0.2) is 8.42 Å². The Morgan fingerprint density at radius 2 is 1.41 bits per heavy atom. The predicted octanol–water partition coefficient (Wildman–Crippen LogP) is 4.26. The summed E-state index contributed by atoms with van der Waals surface area (Å²) in [6.45, 7) is 1.77. The van der Waals surface area contributed by atoms with Crippen LogP contribution in [0.4, 0.5) is 0 Å². The molecule has 1 saturated heterocycles. The second-order valence-electron chi connectivity index (χ2n) is 8.45. The lowest BCUT2D eigenvalue weighted by molar-refractivity contribution is -0.125. The van der Waals surface area contributed by atoms with E-state index in [0.29, 0.717) is 32.7 Å². The maximum absolute atomic E-state index is 13.1. The predicted molar refractivity (Wildman–Crippen MR) is 131 cm³/mol. The molecule has 1 unspecified atom stereocenters. The lowest BCUT2D eigenvalue weighted by atomic mass is 10.0. The van der Waals surface area contributed by atoms with Gasteiger partial charge in [-0.05, 0) is 41.7 Å². The lowest BCUT2D eigenvalue weighted by Gasteiger charge is -2.33. The molecule has 0 bridgehead atoms. The molecule has 7 heteroatoms. The van der Waals surface area contributed by atoms with E-state index >= 15 is 0 Å². The Morgan fingerprint density at radius 1 is 0.824 bits per heavy atom. The van der Waals surface area contributed by atoms with Crippen LogP contribution in [0, 0.1) is 0 Å². The zero-order chi connectivity index (χ0) is 23.8. The summed E-state index contributed by atoms with van der Waals surface area (Å²) in [6.07, 6.45) is 2.11. The molecule has 178 valence electrons. The van der Waals surface area contributed by atoms with Gasteiger partial charge in [0.25, 0.3) is 0 Å². The van der Waals surface area contributed by atoms with Gasteiger partial charge in [-0.1, -0.05) is 79.2 Å². The quantitative estimate of drug-likeness (QED) is 0.499. The molecule has 0 aliphatic carbocycles. The first-order chi connectivity index (χ1) is 16.5. The maximum Gasteiger partial charge on any atom is 0.243 e. The molecule has 3 aromatic rings. The number of nitrogens with zero attached hydrogens (tertiary/aromatic N) is 1. The average molecular weight is 479 g/mol. The Labute approximate surface area is 201 Å². The van der Waals surface area contributed by atoms with Crippen LogP contribution >= 0.6 is 0 Å². The Kier molecular flexibility index (Phi) is 8.11. The Bertz CT molecular complexity index is 1170. The molecule has 3 aromatic carbocycles. The van der Waals surface area contributed by atoms with E-state index < -0.39 is 16.1 Å². The fourth-order valence-electron chi connectivity index (χ4n) is 4.10. The molecule has 1 atom stereocenters. The van der Waals surface area contributed by atoms with Gasteiger partial charge in [0, 0.05) is 13.1 Å². The maximum atomic E-state index is 13.1. The van der Waals surface area contributed by atoms with Gasteiger partial charge < -0.3 is 10.1 Å². The summed E-state index contributed by atoms with van der Waals surface area (Å²) in [7, 11) is -3.72. The highest BCUT2D eigenvalue weighted by molar-refractivity contribution is 7.89. The van der Waals surface area contributed by atoms with Crippen LogP contribution in [0.15, 0.2) is 89.8 Å². The minimum atomic E-state index is -3.72. The first-order valence-corrected chi connectivity index (χ1v) is 13.0. The number of hydrogen-bond acceptors (Lipinski definition) is 4. The Balaban J connectivity index is 1.31. The van der Waals surface area contributed by atoms with Gasteiger partial charge in [0.1, 0.15) is 6.04 Å². The molecule has 0 spiro atoms. The fourth-order valence-corrected chi connectivity index (χ4v) is 5.78. The second kappa shape index (κ2) is 11.4. The Morgan fingerprint density at radius 3 is 2.09 bits per heavy atom. The molecule has 1 amide bonds. The van der Waals surface area contributed by atoms with Crippen LogP contribution in [0.3, 0.4) is 0 Å². The van der Waals surface area contributed by atoms with Crippen LogP contribution in [0.25, 0.3) is 0 Å². The number of benzene rings is 3. The highest BCUT2D eigenvalue weighted by Gasteiger charge is 2.37. The van der Waals surface area contributed by atoms with Gasteiger partial charge in [0.2, 0.25) is 15.9 Å². The zero-order valence-electron chi connectivity index (χ0n) is 19.1. The molecule has 1 heterocycles. The number of rotatable bonds is 9. The summed E-state index contributed by atoms with van der Waals surface area (Å²) in [5.74, 6) is -0.255. The van der Waals surface area contributed by atoms with E-state index in [-0.39, 0.29) is 10.8 Å². The third kappa shape index (κ3) is 6.11. The minimum Gasteiger partial charge on any atom is -0.372 e. The van der Waals surface area contributed by atoms with Crippen molar-refractivity contribution in [3.05, 3.63) is 102 Å². The highest BCUT2D eigenvalue weighted by Crippen LogP contribution is 2.25. The first-order valence-electron chi connectivity index (χ1n) is 11.6. The van der Waals surface area contributed by atoms with Crippen molar-refractivity contribution in [1.82, 2.24) is 9.62 Å². The van der Waals surface area contributed by atoms with Gasteiger partial charge in [-0.15, -0.1) is 0 Å².